The quantitative estimate of drug-likeness (QED) is 0.786. The van der Waals surface area contributed by atoms with Crippen LogP contribution in [-0.4, -0.2) is 36.1 Å². The molecule has 2 aliphatic carbocycles. The highest BCUT2D eigenvalue weighted by Crippen LogP contribution is 2.33. The highest BCUT2D eigenvalue weighted by molar-refractivity contribution is 4.94. The summed E-state index contributed by atoms with van der Waals surface area (Å²) in [6.07, 6.45) is 11.5. The van der Waals surface area contributed by atoms with Crippen LogP contribution in [0.3, 0.4) is 0 Å². The van der Waals surface area contributed by atoms with Gasteiger partial charge in [0.1, 0.15) is 0 Å². The monoisotopic (exact) mass is 266 g/mol. The summed E-state index contributed by atoms with van der Waals surface area (Å²) in [7, 11) is 0. The molecule has 0 aromatic carbocycles. The van der Waals surface area contributed by atoms with Gasteiger partial charge in [-0.25, -0.2) is 0 Å². The van der Waals surface area contributed by atoms with Crippen LogP contribution in [0, 0.1) is 5.92 Å². The van der Waals surface area contributed by atoms with Crippen LogP contribution in [-0.2, 0) is 0 Å². The van der Waals surface area contributed by atoms with Crippen LogP contribution in [0.15, 0.2) is 0 Å². The van der Waals surface area contributed by atoms with Crippen LogP contribution in [0.4, 0.5) is 0 Å². The van der Waals surface area contributed by atoms with Gasteiger partial charge in [-0.1, -0.05) is 46.5 Å². The third-order valence-electron chi connectivity index (χ3n) is 4.71. The molecular formula is C17H34N2. The lowest BCUT2D eigenvalue weighted by molar-refractivity contribution is 0.112. The van der Waals surface area contributed by atoms with Gasteiger partial charge in [-0.05, 0) is 38.1 Å². The summed E-state index contributed by atoms with van der Waals surface area (Å²) in [4.78, 5) is 2.88. The third-order valence-corrected chi connectivity index (χ3v) is 4.71. The summed E-state index contributed by atoms with van der Waals surface area (Å²) in [5.74, 6) is 0.799. The third kappa shape index (κ3) is 4.75. The Labute approximate surface area is 120 Å². The number of likely N-dealkylation sites (N-methyl/N-ethyl adjacent to an activating group) is 1. The van der Waals surface area contributed by atoms with Gasteiger partial charge in [0.05, 0.1) is 0 Å². The van der Waals surface area contributed by atoms with Gasteiger partial charge in [0, 0.05) is 24.7 Å². The maximum atomic E-state index is 3.80. The molecule has 2 aliphatic rings. The smallest absolute Gasteiger partial charge is 0.0252 e. The molecule has 2 fully saturated rings. The molecule has 2 rings (SSSR count). The first kappa shape index (κ1) is 15.3. The number of rotatable bonds is 6. The highest BCUT2D eigenvalue weighted by atomic mass is 15.2. The average molecular weight is 266 g/mol. The van der Waals surface area contributed by atoms with E-state index < -0.39 is 0 Å². The minimum absolute atomic E-state index is 0.740. The molecule has 0 spiro atoms. The first-order valence-corrected chi connectivity index (χ1v) is 8.71. The van der Waals surface area contributed by atoms with Crippen molar-refractivity contribution in [3.8, 4) is 0 Å². The maximum absolute atomic E-state index is 3.80. The Hall–Kier alpha value is -0.0800. The summed E-state index contributed by atoms with van der Waals surface area (Å²) in [5, 5.41) is 3.80. The summed E-state index contributed by atoms with van der Waals surface area (Å²) >= 11 is 0. The Morgan fingerprint density at radius 3 is 2.26 bits per heavy atom. The van der Waals surface area contributed by atoms with E-state index >= 15 is 0 Å². The van der Waals surface area contributed by atoms with Gasteiger partial charge in [0.2, 0.25) is 0 Å². The molecule has 2 atom stereocenters. The Bertz CT molecular complexity index is 248. The van der Waals surface area contributed by atoms with E-state index in [1.54, 1.807) is 0 Å². The minimum Gasteiger partial charge on any atom is -0.313 e. The molecule has 0 aromatic heterocycles. The summed E-state index contributed by atoms with van der Waals surface area (Å²) in [6, 6.07) is 2.45. The molecule has 0 heterocycles. The molecule has 1 N–H and O–H groups in total. The predicted octanol–water partition coefficient (Wildman–Crippen LogP) is 3.81. The van der Waals surface area contributed by atoms with Gasteiger partial charge < -0.3 is 5.32 Å². The molecule has 0 aromatic rings. The van der Waals surface area contributed by atoms with Crippen molar-refractivity contribution < 1.29 is 0 Å². The molecule has 0 bridgehead atoms. The fourth-order valence-electron chi connectivity index (χ4n) is 3.75. The molecule has 112 valence electrons. The van der Waals surface area contributed by atoms with Crippen LogP contribution in [0.1, 0.15) is 72.1 Å². The van der Waals surface area contributed by atoms with Crippen LogP contribution in [0.5, 0.6) is 0 Å². The molecule has 19 heavy (non-hydrogen) atoms. The van der Waals surface area contributed by atoms with E-state index in [-0.39, 0.29) is 0 Å². The zero-order valence-electron chi connectivity index (χ0n) is 13.3. The van der Waals surface area contributed by atoms with E-state index in [9.17, 15) is 0 Å². The van der Waals surface area contributed by atoms with Crippen molar-refractivity contribution in [2.75, 3.05) is 13.1 Å². The minimum atomic E-state index is 0.740. The van der Waals surface area contributed by atoms with Gasteiger partial charge in [-0.2, -0.15) is 0 Å². The zero-order chi connectivity index (χ0) is 13.7. The fourth-order valence-corrected chi connectivity index (χ4v) is 3.75. The number of hydrogen-bond donors (Lipinski definition) is 1. The zero-order valence-corrected chi connectivity index (χ0v) is 13.3. The standard InChI is InChI=1S/C17H34N2/c1-4-18-16-9-7-5-6-8-10-17(16)19(13-14(2)3)15-11-12-15/h14-18H,4-13H2,1-3H3. The molecule has 0 saturated heterocycles. The number of nitrogens with zero attached hydrogens (tertiary/aromatic N) is 1. The Balaban J connectivity index is 2.03. The molecule has 2 unspecified atom stereocenters. The molecule has 0 radical (unpaired) electrons. The van der Waals surface area contributed by atoms with Crippen molar-refractivity contribution in [2.45, 2.75) is 90.3 Å². The lowest BCUT2D eigenvalue weighted by atomic mass is 9.90. The lowest BCUT2D eigenvalue weighted by Gasteiger charge is -2.40. The second-order valence-electron chi connectivity index (χ2n) is 7.04. The van der Waals surface area contributed by atoms with E-state index in [0.29, 0.717) is 0 Å². The van der Waals surface area contributed by atoms with Gasteiger partial charge in [0.25, 0.3) is 0 Å². The summed E-state index contributed by atoms with van der Waals surface area (Å²) in [6.45, 7) is 9.44. The van der Waals surface area contributed by atoms with Gasteiger partial charge in [0.15, 0.2) is 0 Å². The van der Waals surface area contributed by atoms with Crippen LogP contribution in [0.2, 0.25) is 0 Å². The predicted molar refractivity (Wildman–Crippen MR) is 83.5 cm³/mol. The first-order chi connectivity index (χ1) is 9.22. The summed E-state index contributed by atoms with van der Waals surface area (Å²) in [5.41, 5.74) is 0. The normalized spacial score (nSPS) is 29.5. The molecular weight excluding hydrogens is 232 g/mol. The van der Waals surface area contributed by atoms with Gasteiger partial charge >= 0.3 is 0 Å². The molecule has 2 heteroatoms. The molecule has 0 aliphatic heterocycles. The van der Waals surface area contributed by atoms with E-state index in [1.807, 2.05) is 0 Å². The largest absolute Gasteiger partial charge is 0.313 e. The molecule has 2 saturated carbocycles. The van der Waals surface area contributed by atoms with Crippen molar-refractivity contribution in [2.24, 2.45) is 5.92 Å². The van der Waals surface area contributed by atoms with Gasteiger partial charge in [-0.3, -0.25) is 4.90 Å². The summed E-state index contributed by atoms with van der Waals surface area (Å²) < 4.78 is 0. The average Bonchev–Trinajstić information content (AvgIpc) is 3.15. The van der Waals surface area contributed by atoms with E-state index in [0.717, 1.165) is 30.6 Å². The Morgan fingerprint density at radius 2 is 1.68 bits per heavy atom. The van der Waals surface area contributed by atoms with E-state index in [2.05, 4.69) is 31.0 Å². The Kier molecular flexibility index (Phi) is 6.15. The van der Waals surface area contributed by atoms with Crippen LogP contribution < -0.4 is 5.32 Å². The maximum Gasteiger partial charge on any atom is 0.0252 e. The van der Waals surface area contributed by atoms with Crippen molar-refractivity contribution >= 4 is 0 Å². The van der Waals surface area contributed by atoms with Crippen LogP contribution >= 0.6 is 0 Å². The van der Waals surface area contributed by atoms with E-state index in [4.69, 9.17) is 0 Å². The van der Waals surface area contributed by atoms with E-state index in [1.165, 1.54) is 57.9 Å². The fraction of sp³-hybridized carbons (Fsp3) is 1.00. The van der Waals surface area contributed by atoms with Crippen molar-refractivity contribution in [3.63, 3.8) is 0 Å². The molecule has 2 nitrogen and oxygen atoms in total. The van der Waals surface area contributed by atoms with Crippen molar-refractivity contribution in [3.05, 3.63) is 0 Å². The Morgan fingerprint density at radius 1 is 1.00 bits per heavy atom. The SMILES string of the molecule is CCNC1CCCCCCC1N(CC(C)C)C1CC1. The second-order valence-corrected chi connectivity index (χ2v) is 7.04. The highest BCUT2D eigenvalue weighted by Gasteiger charge is 2.37. The number of hydrogen-bond acceptors (Lipinski definition) is 2. The topological polar surface area (TPSA) is 15.3 Å². The van der Waals surface area contributed by atoms with Gasteiger partial charge in [-0.15, -0.1) is 0 Å². The van der Waals surface area contributed by atoms with Crippen molar-refractivity contribution in [1.29, 1.82) is 0 Å². The van der Waals surface area contributed by atoms with Crippen LogP contribution in [0.25, 0.3) is 0 Å². The lowest BCUT2D eigenvalue weighted by Crippen LogP contribution is -2.52. The second kappa shape index (κ2) is 7.64. The number of nitrogens with one attached hydrogen (secondary N) is 1. The molecule has 0 amide bonds. The van der Waals surface area contributed by atoms with Crippen molar-refractivity contribution in [1.82, 2.24) is 10.2 Å². The first-order valence-electron chi connectivity index (χ1n) is 8.71.